The molecule has 33 heavy (non-hydrogen) atoms. The van der Waals surface area contributed by atoms with Crippen LogP contribution < -0.4 is 10.6 Å². The minimum atomic E-state index is -2.05. The van der Waals surface area contributed by atoms with E-state index in [9.17, 15) is 19.2 Å². The molecule has 2 N–H and O–H groups in total. The fourth-order valence-electron chi connectivity index (χ4n) is 4.05. The van der Waals surface area contributed by atoms with Gasteiger partial charge in [-0.05, 0) is 19.9 Å². The van der Waals surface area contributed by atoms with Crippen LogP contribution in [-0.4, -0.2) is 50.7 Å². The summed E-state index contributed by atoms with van der Waals surface area (Å²) >= 11 is 0. The molecule has 0 aliphatic carbocycles. The first-order valence-electron chi connectivity index (χ1n) is 10.1. The van der Waals surface area contributed by atoms with Crippen LogP contribution in [0.25, 0.3) is 0 Å². The molecular formula is C23H24N2O8. The molecule has 0 saturated carbocycles. The fraction of sp³-hybridized carbons (Fsp3) is 0.304. The quantitative estimate of drug-likeness (QED) is 0.362. The van der Waals surface area contributed by atoms with Gasteiger partial charge in [-0.1, -0.05) is 30.9 Å². The van der Waals surface area contributed by atoms with E-state index >= 15 is 0 Å². The Morgan fingerprint density at radius 2 is 1.85 bits per heavy atom. The summed E-state index contributed by atoms with van der Waals surface area (Å²) in [6.07, 6.45) is 1.36. The van der Waals surface area contributed by atoms with Gasteiger partial charge in [-0.2, -0.15) is 0 Å². The molecular weight excluding hydrogens is 432 g/mol. The number of methoxy groups -OCH3 is 1. The van der Waals surface area contributed by atoms with E-state index in [0.717, 1.165) is 0 Å². The molecule has 0 radical (unpaired) electrons. The molecule has 2 aliphatic heterocycles. The molecule has 10 nitrogen and oxygen atoms in total. The molecule has 3 rings (SSSR count). The smallest absolute Gasteiger partial charge is 0.339 e. The maximum Gasteiger partial charge on any atom is 0.339 e. The molecule has 2 aliphatic rings. The van der Waals surface area contributed by atoms with E-state index in [1.807, 2.05) is 0 Å². The molecule has 1 aromatic carbocycles. The van der Waals surface area contributed by atoms with Crippen molar-refractivity contribution in [1.29, 1.82) is 0 Å². The second-order valence-electron chi connectivity index (χ2n) is 7.12. The zero-order valence-electron chi connectivity index (χ0n) is 18.5. The molecule has 1 aromatic rings. The van der Waals surface area contributed by atoms with Crippen LogP contribution in [0, 0.1) is 0 Å². The standard InChI is InChI=1S/C23H24N2O8/c1-5-11-32-20(27)17-13(3)33-22(29)23(17)14-9-7-8-10-15(14)25(12-16(26)30-4)19(24)18(23)21(28)31-6-2/h5,7-10H,1,6,11-12,24H2,2-4H3. The third kappa shape index (κ3) is 3.63. The van der Waals surface area contributed by atoms with Crippen LogP contribution in [0.2, 0.25) is 0 Å². The van der Waals surface area contributed by atoms with Crippen LogP contribution in [0.3, 0.4) is 0 Å². The number of anilines is 1. The largest absolute Gasteiger partial charge is 0.468 e. The lowest BCUT2D eigenvalue weighted by Gasteiger charge is -2.40. The zero-order chi connectivity index (χ0) is 24.3. The van der Waals surface area contributed by atoms with Gasteiger partial charge in [-0.15, -0.1) is 0 Å². The highest BCUT2D eigenvalue weighted by Gasteiger charge is 2.63. The predicted molar refractivity (Wildman–Crippen MR) is 115 cm³/mol. The van der Waals surface area contributed by atoms with Crippen molar-refractivity contribution in [3.8, 4) is 0 Å². The van der Waals surface area contributed by atoms with Gasteiger partial charge >= 0.3 is 23.9 Å². The fourth-order valence-corrected chi connectivity index (χ4v) is 4.05. The number of esters is 4. The molecule has 0 amide bonds. The minimum Gasteiger partial charge on any atom is -0.468 e. The lowest BCUT2D eigenvalue weighted by Crippen LogP contribution is -2.51. The SMILES string of the molecule is C=CCOC(=O)C1=C(C)OC(=O)C12C(C(=O)OCC)=C(N)N(CC(=O)OC)c1ccccc12. The van der Waals surface area contributed by atoms with Crippen LogP contribution in [0.4, 0.5) is 5.69 Å². The maximum atomic E-state index is 13.5. The van der Waals surface area contributed by atoms with Crippen LogP contribution in [0.5, 0.6) is 0 Å². The van der Waals surface area contributed by atoms with Crippen molar-refractivity contribution in [1.82, 2.24) is 0 Å². The molecule has 1 atom stereocenters. The summed E-state index contributed by atoms with van der Waals surface area (Å²) in [5.74, 6) is -3.68. The van der Waals surface area contributed by atoms with Gasteiger partial charge in [-0.25, -0.2) is 14.4 Å². The number of carbonyl (C=O) groups excluding carboxylic acids is 4. The Balaban J connectivity index is 2.39. The number of hydrogen-bond donors (Lipinski definition) is 1. The van der Waals surface area contributed by atoms with E-state index in [2.05, 4.69) is 6.58 Å². The van der Waals surface area contributed by atoms with Crippen molar-refractivity contribution in [2.45, 2.75) is 19.3 Å². The van der Waals surface area contributed by atoms with Gasteiger partial charge in [0.2, 0.25) is 0 Å². The summed E-state index contributed by atoms with van der Waals surface area (Å²) in [6.45, 7) is 5.99. The van der Waals surface area contributed by atoms with Crippen LogP contribution in [-0.2, 0) is 43.5 Å². The Morgan fingerprint density at radius 3 is 2.48 bits per heavy atom. The Bertz CT molecular complexity index is 1100. The molecule has 1 unspecified atom stereocenters. The third-order valence-electron chi connectivity index (χ3n) is 5.33. The number of allylic oxidation sites excluding steroid dienone is 1. The van der Waals surface area contributed by atoms with E-state index in [0.29, 0.717) is 5.69 Å². The minimum absolute atomic E-state index is 0.0294. The first-order valence-corrected chi connectivity index (χ1v) is 10.1. The van der Waals surface area contributed by atoms with Crippen molar-refractivity contribution in [3.05, 3.63) is 65.2 Å². The normalized spacial score (nSPS) is 19.2. The molecule has 10 heteroatoms. The molecule has 0 fully saturated rings. The van der Waals surface area contributed by atoms with E-state index in [4.69, 9.17) is 24.7 Å². The topological polar surface area (TPSA) is 134 Å². The summed E-state index contributed by atoms with van der Waals surface area (Å²) in [7, 11) is 1.21. The van der Waals surface area contributed by atoms with Gasteiger partial charge in [0.25, 0.3) is 0 Å². The summed E-state index contributed by atoms with van der Waals surface area (Å²) in [5.41, 5.74) is 4.31. The Morgan fingerprint density at radius 1 is 1.18 bits per heavy atom. The Hall–Kier alpha value is -4.08. The van der Waals surface area contributed by atoms with Crippen LogP contribution in [0.15, 0.2) is 59.6 Å². The molecule has 0 bridgehead atoms. The molecule has 0 saturated heterocycles. The average molecular weight is 456 g/mol. The van der Waals surface area contributed by atoms with Gasteiger partial charge in [0.15, 0.2) is 5.41 Å². The Kier molecular flexibility index (Phi) is 6.57. The van der Waals surface area contributed by atoms with Crippen molar-refractivity contribution in [2.75, 3.05) is 31.8 Å². The molecule has 1 spiro atoms. The number of nitrogens with two attached hydrogens (primary N) is 1. The maximum absolute atomic E-state index is 13.5. The van der Waals surface area contributed by atoms with Gasteiger partial charge < -0.3 is 29.6 Å². The number of ether oxygens (including phenoxy) is 4. The van der Waals surface area contributed by atoms with Gasteiger partial charge in [0.1, 0.15) is 35.9 Å². The highest BCUT2D eigenvalue weighted by atomic mass is 16.6. The van der Waals surface area contributed by atoms with Gasteiger partial charge in [0.05, 0.1) is 13.7 Å². The number of cyclic esters (lactones) is 1. The number of nitrogens with zero attached hydrogens (tertiary/aromatic N) is 1. The number of rotatable bonds is 7. The molecule has 174 valence electrons. The van der Waals surface area contributed by atoms with Crippen molar-refractivity contribution < 1.29 is 38.1 Å². The summed E-state index contributed by atoms with van der Waals surface area (Å²) in [4.78, 5) is 53.2. The van der Waals surface area contributed by atoms with E-state index in [1.54, 1.807) is 31.2 Å². The van der Waals surface area contributed by atoms with Gasteiger partial charge in [0, 0.05) is 11.3 Å². The van der Waals surface area contributed by atoms with Crippen LogP contribution in [0.1, 0.15) is 19.4 Å². The summed E-state index contributed by atoms with van der Waals surface area (Å²) in [6, 6.07) is 6.43. The third-order valence-corrected chi connectivity index (χ3v) is 5.33. The molecule has 0 aromatic heterocycles. The van der Waals surface area contributed by atoms with E-state index < -0.39 is 29.3 Å². The van der Waals surface area contributed by atoms with E-state index in [-0.39, 0.29) is 48.0 Å². The van der Waals surface area contributed by atoms with Crippen molar-refractivity contribution in [2.24, 2.45) is 5.73 Å². The number of hydrogen-bond acceptors (Lipinski definition) is 10. The average Bonchev–Trinajstić information content (AvgIpc) is 3.05. The van der Waals surface area contributed by atoms with Gasteiger partial charge in [-0.3, -0.25) is 4.79 Å². The van der Waals surface area contributed by atoms with Crippen LogP contribution >= 0.6 is 0 Å². The Labute approximate surface area is 190 Å². The molecule has 2 heterocycles. The summed E-state index contributed by atoms with van der Waals surface area (Å²) in [5, 5.41) is 0. The number of para-hydroxylation sites is 1. The zero-order valence-corrected chi connectivity index (χ0v) is 18.5. The second-order valence-corrected chi connectivity index (χ2v) is 7.12. The van der Waals surface area contributed by atoms with Crippen molar-refractivity contribution in [3.63, 3.8) is 0 Å². The lowest BCUT2D eigenvalue weighted by atomic mass is 9.66. The predicted octanol–water partition coefficient (Wildman–Crippen LogP) is 1.21. The highest BCUT2D eigenvalue weighted by Crippen LogP contribution is 2.54. The highest BCUT2D eigenvalue weighted by molar-refractivity contribution is 6.16. The van der Waals surface area contributed by atoms with E-state index in [1.165, 1.54) is 25.0 Å². The number of carbonyl (C=O) groups is 4. The first-order chi connectivity index (χ1) is 15.7. The lowest BCUT2D eigenvalue weighted by molar-refractivity contribution is -0.147. The second kappa shape index (κ2) is 9.19. The van der Waals surface area contributed by atoms with Crippen molar-refractivity contribution >= 4 is 29.6 Å². The number of fused-ring (bicyclic) bond motifs is 2. The number of benzene rings is 1. The first kappa shape index (κ1) is 23.6. The summed E-state index contributed by atoms with van der Waals surface area (Å²) < 4.78 is 20.6. The monoisotopic (exact) mass is 456 g/mol.